The SMILES string of the molecule is O=C1CNC(=S)N1CCn1ccc2ccccc21. The zero-order valence-electron chi connectivity index (χ0n) is 9.80. The molecule has 0 bridgehead atoms. The van der Waals surface area contributed by atoms with Gasteiger partial charge in [-0.2, -0.15) is 0 Å². The van der Waals surface area contributed by atoms with E-state index in [0.29, 0.717) is 18.2 Å². The summed E-state index contributed by atoms with van der Waals surface area (Å²) in [5, 5.41) is 4.64. The van der Waals surface area contributed by atoms with E-state index in [1.54, 1.807) is 4.90 Å². The third kappa shape index (κ3) is 1.86. The Labute approximate surface area is 110 Å². The van der Waals surface area contributed by atoms with Gasteiger partial charge in [0.05, 0.1) is 6.54 Å². The molecule has 1 amide bonds. The Morgan fingerprint density at radius 2 is 2.06 bits per heavy atom. The molecule has 0 aliphatic carbocycles. The van der Waals surface area contributed by atoms with Crippen molar-refractivity contribution in [3.8, 4) is 0 Å². The van der Waals surface area contributed by atoms with Crippen molar-refractivity contribution in [2.45, 2.75) is 6.54 Å². The molecule has 0 atom stereocenters. The molecule has 1 N–H and O–H groups in total. The number of nitrogens with one attached hydrogen (secondary N) is 1. The molecule has 0 spiro atoms. The third-order valence-electron chi connectivity index (χ3n) is 3.18. The summed E-state index contributed by atoms with van der Waals surface area (Å²) in [6, 6.07) is 10.3. The van der Waals surface area contributed by atoms with Crippen LogP contribution in [0.4, 0.5) is 0 Å². The first kappa shape index (κ1) is 11.2. The first-order valence-electron chi connectivity index (χ1n) is 5.88. The van der Waals surface area contributed by atoms with Gasteiger partial charge in [-0.25, -0.2) is 0 Å². The summed E-state index contributed by atoms with van der Waals surface area (Å²) in [5.74, 6) is 0.0523. The van der Waals surface area contributed by atoms with Gasteiger partial charge in [-0.3, -0.25) is 9.69 Å². The second-order valence-corrected chi connectivity index (χ2v) is 4.66. The zero-order valence-corrected chi connectivity index (χ0v) is 10.6. The molecule has 1 aliphatic heterocycles. The minimum Gasteiger partial charge on any atom is -0.353 e. The van der Waals surface area contributed by atoms with E-state index in [0.717, 1.165) is 6.54 Å². The molecule has 5 heteroatoms. The van der Waals surface area contributed by atoms with Gasteiger partial charge in [0, 0.05) is 24.8 Å². The Morgan fingerprint density at radius 1 is 1.22 bits per heavy atom. The van der Waals surface area contributed by atoms with E-state index in [4.69, 9.17) is 12.2 Å². The molecule has 4 nitrogen and oxygen atoms in total. The van der Waals surface area contributed by atoms with Gasteiger partial charge in [0.2, 0.25) is 5.91 Å². The minimum atomic E-state index is 0.0523. The van der Waals surface area contributed by atoms with Gasteiger partial charge in [0.25, 0.3) is 0 Å². The summed E-state index contributed by atoms with van der Waals surface area (Å²) in [5.41, 5.74) is 1.18. The molecule has 1 aliphatic rings. The van der Waals surface area contributed by atoms with Crippen LogP contribution in [0.25, 0.3) is 10.9 Å². The van der Waals surface area contributed by atoms with E-state index in [1.165, 1.54) is 10.9 Å². The number of para-hydroxylation sites is 1. The van der Waals surface area contributed by atoms with E-state index in [9.17, 15) is 4.79 Å². The zero-order chi connectivity index (χ0) is 12.5. The van der Waals surface area contributed by atoms with Crippen molar-refractivity contribution in [1.29, 1.82) is 0 Å². The van der Waals surface area contributed by atoms with E-state index in [2.05, 4.69) is 28.1 Å². The molecule has 0 radical (unpaired) electrons. The molecule has 3 rings (SSSR count). The predicted molar refractivity (Wildman–Crippen MR) is 74.3 cm³/mol. The molecular formula is C13H13N3OS. The van der Waals surface area contributed by atoms with Gasteiger partial charge in [-0.15, -0.1) is 0 Å². The summed E-state index contributed by atoms with van der Waals surface area (Å²) in [7, 11) is 0. The van der Waals surface area contributed by atoms with Crippen LogP contribution < -0.4 is 5.32 Å². The maximum atomic E-state index is 11.6. The van der Waals surface area contributed by atoms with Gasteiger partial charge < -0.3 is 9.88 Å². The highest BCUT2D eigenvalue weighted by molar-refractivity contribution is 7.80. The standard InChI is InChI=1S/C13H13N3OS/c17-12-9-14-13(18)16(12)8-7-15-6-5-10-3-1-2-4-11(10)15/h1-6H,7-9H2,(H,14,18). The molecule has 1 aromatic heterocycles. The number of carbonyl (C=O) groups excluding carboxylic acids is 1. The highest BCUT2D eigenvalue weighted by atomic mass is 32.1. The molecule has 1 aromatic carbocycles. The first-order chi connectivity index (χ1) is 8.75. The molecule has 0 saturated carbocycles. The predicted octanol–water partition coefficient (Wildman–Crippen LogP) is 1.36. The summed E-state index contributed by atoms with van der Waals surface area (Å²) in [6.45, 7) is 1.69. The number of benzene rings is 1. The maximum absolute atomic E-state index is 11.6. The van der Waals surface area contributed by atoms with Crippen molar-refractivity contribution < 1.29 is 4.79 Å². The Bertz CT molecular complexity index is 603. The number of nitrogens with zero attached hydrogens (tertiary/aromatic N) is 2. The Hall–Kier alpha value is -1.88. The van der Waals surface area contributed by atoms with Crippen molar-refractivity contribution in [2.75, 3.05) is 13.1 Å². The normalized spacial score (nSPS) is 15.4. The minimum absolute atomic E-state index is 0.0523. The van der Waals surface area contributed by atoms with Crippen LogP contribution >= 0.6 is 12.2 Å². The average molecular weight is 259 g/mol. The lowest BCUT2D eigenvalue weighted by Gasteiger charge is -2.15. The van der Waals surface area contributed by atoms with Crippen LogP contribution in [0.1, 0.15) is 0 Å². The number of aromatic nitrogens is 1. The number of hydrogen-bond donors (Lipinski definition) is 1. The van der Waals surface area contributed by atoms with Gasteiger partial charge in [0.15, 0.2) is 5.11 Å². The van der Waals surface area contributed by atoms with Crippen LogP contribution in [0.15, 0.2) is 36.5 Å². The molecule has 92 valence electrons. The maximum Gasteiger partial charge on any atom is 0.248 e. The molecule has 1 fully saturated rings. The fourth-order valence-electron chi connectivity index (χ4n) is 2.22. The fourth-order valence-corrected chi connectivity index (χ4v) is 2.49. The lowest BCUT2D eigenvalue weighted by Crippen LogP contribution is -2.33. The molecule has 18 heavy (non-hydrogen) atoms. The van der Waals surface area contributed by atoms with Crippen LogP contribution in [-0.4, -0.2) is 33.6 Å². The fraction of sp³-hybridized carbons (Fsp3) is 0.231. The Morgan fingerprint density at radius 3 is 2.83 bits per heavy atom. The van der Waals surface area contributed by atoms with Crippen molar-refractivity contribution in [3.63, 3.8) is 0 Å². The first-order valence-corrected chi connectivity index (χ1v) is 6.28. The van der Waals surface area contributed by atoms with E-state index in [-0.39, 0.29) is 5.91 Å². The summed E-state index contributed by atoms with van der Waals surface area (Å²) < 4.78 is 2.14. The second-order valence-electron chi connectivity index (χ2n) is 4.27. The van der Waals surface area contributed by atoms with Gasteiger partial charge in [0.1, 0.15) is 0 Å². The van der Waals surface area contributed by atoms with Crippen LogP contribution in [-0.2, 0) is 11.3 Å². The molecule has 1 saturated heterocycles. The summed E-state index contributed by atoms with van der Waals surface area (Å²) in [6.07, 6.45) is 2.04. The number of carbonyl (C=O) groups is 1. The van der Waals surface area contributed by atoms with Crippen LogP contribution in [0, 0.1) is 0 Å². The number of rotatable bonds is 3. The van der Waals surface area contributed by atoms with E-state index < -0.39 is 0 Å². The third-order valence-corrected chi connectivity index (χ3v) is 3.55. The lowest BCUT2D eigenvalue weighted by molar-refractivity contribution is -0.124. The second kappa shape index (κ2) is 4.42. The topological polar surface area (TPSA) is 37.3 Å². The number of hydrogen-bond acceptors (Lipinski definition) is 2. The molecule has 0 unspecified atom stereocenters. The van der Waals surface area contributed by atoms with Crippen molar-refractivity contribution in [1.82, 2.24) is 14.8 Å². The smallest absolute Gasteiger partial charge is 0.248 e. The highest BCUT2D eigenvalue weighted by Crippen LogP contribution is 2.15. The highest BCUT2D eigenvalue weighted by Gasteiger charge is 2.24. The largest absolute Gasteiger partial charge is 0.353 e. The van der Waals surface area contributed by atoms with Crippen molar-refractivity contribution >= 4 is 34.1 Å². The quantitative estimate of drug-likeness (QED) is 0.846. The number of thiocarbonyl (C=S) groups is 1. The van der Waals surface area contributed by atoms with Crippen LogP contribution in [0.2, 0.25) is 0 Å². The van der Waals surface area contributed by atoms with Gasteiger partial charge >= 0.3 is 0 Å². The average Bonchev–Trinajstić information content (AvgIpc) is 2.93. The molecular weight excluding hydrogens is 246 g/mol. The summed E-state index contributed by atoms with van der Waals surface area (Å²) >= 11 is 5.09. The Kier molecular flexibility index (Phi) is 2.76. The van der Waals surface area contributed by atoms with Gasteiger partial charge in [-0.05, 0) is 29.7 Å². The number of fused-ring (bicyclic) bond motifs is 1. The molecule has 2 heterocycles. The van der Waals surface area contributed by atoms with E-state index >= 15 is 0 Å². The van der Waals surface area contributed by atoms with E-state index in [1.807, 2.05) is 18.3 Å². The molecule has 2 aromatic rings. The number of amides is 1. The van der Waals surface area contributed by atoms with Crippen LogP contribution in [0.3, 0.4) is 0 Å². The van der Waals surface area contributed by atoms with Gasteiger partial charge in [-0.1, -0.05) is 18.2 Å². The van der Waals surface area contributed by atoms with Crippen LogP contribution in [0.5, 0.6) is 0 Å². The lowest BCUT2D eigenvalue weighted by atomic mass is 10.2. The van der Waals surface area contributed by atoms with Crippen molar-refractivity contribution in [3.05, 3.63) is 36.5 Å². The summed E-state index contributed by atoms with van der Waals surface area (Å²) in [4.78, 5) is 13.2. The Balaban J connectivity index is 1.77. The van der Waals surface area contributed by atoms with Crippen molar-refractivity contribution in [2.24, 2.45) is 0 Å². The monoisotopic (exact) mass is 259 g/mol.